The molecular weight excluding hydrogens is 300 g/mol. The van der Waals surface area contributed by atoms with E-state index in [1.807, 2.05) is 32.0 Å². The van der Waals surface area contributed by atoms with Crippen LogP contribution in [0.3, 0.4) is 0 Å². The minimum atomic E-state index is -3.42. The van der Waals surface area contributed by atoms with Gasteiger partial charge in [-0.15, -0.1) is 0 Å². The molecule has 0 radical (unpaired) electrons. The van der Waals surface area contributed by atoms with Crippen molar-refractivity contribution in [2.45, 2.75) is 24.7 Å². The predicted molar refractivity (Wildman–Crippen MR) is 86.8 cm³/mol. The SMILES string of the molecule is Cc1ccc(S(=O)(=O)N2CCC3(CCOC3)C2)cc1N(C)C. The number of aryl methyl sites for hydroxylation is 1. The summed E-state index contributed by atoms with van der Waals surface area (Å²) in [5, 5.41) is 0. The molecular formula is C16H24N2O3S. The lowest BCUT2D eigenvalue weighted by atomic mass is 9.87. The molecule has 0 amide bonds. The monoisotopic (exact) mass is 324 g/mol. The standard InChI is InChI=1S/C16H24N2O3S/c1-13-4-5-14(10-15(13)17(2)3)22(19,20)18-8-6-16(11-18)7-9-21-12-16/h4-5,10H,6-9,11-12H2,1-3H3. The van der Waals surface area contributed by atoms with Gasteiger partial charge in [0, 0.05) is 44.9 Å². The number of nitrogens with zero attached hydrogens (tertiary/aromatic N) is 2. The molecule has 0 bridgehead atoms. The Labute approximate surface area is 132 Å². The van der Waals surface area contributed by atoms with Gasteiger partial charge in [-0.1, -0.05) is 6.07 Å². The molecule has 22 heavy (non-hydrogen) atoms. The van der Waals surface area contributed by atoms with Gasteiger partial charge in [-0.25, -0.2) is 8.42 Å². The van der Waals surface area contributed by atoms with Crippen molar-refractivity contribution >= 4 is 15.7 Å². The molecule has 6 heteroatoms. The maximum absolute atomic E-state index is 12.9. The van der Waals surface area contributed by atoms with E-state index in [0.29, 0.717) is 24.6 Å². The van der Waals surface area contributed by atoms with Crippen molar-refractivity contribution in [3.8, 4) is 0 Å². The van der Waals surface area contributed by atoms with Crippen LogP contribution in [0.15, 0.2) is 23.1 Å². The molecule has 1 atom stereocenters. The molecule has 2 aliphatic rings. The molecule has 0 aromatic heterocycles. The molecule has 1 unspecified atom stereocenters. The average molecular weight is 324 g/mol. The van der Waals surface area contributed by atoms with Gasteiger partial charge in [-0.05, 0) is 37.5 Å². The van der Waals surface area contributed by atoms with Crippen LogP contribution in [0.4, 0.5) is 5.69 Å². The van der Waals surface area contributed by atoms with E-state index in [2.05, 4.69) is 0 Å². The first-order chi connectivity index (χ1) is 10.3. The van der Waals surface area contributed by atoms with Crippen LogP contribution in [0.25, 0.3) is 0 Å². The fourth-order valence-corrected chi connectivity index (χ4v) is 5.03. The molecule has 0 saturated carbocycles. The zero-order chi connectivity index (χ0) is 16.0. The summed E-state index contributed by atoms with van der Waals surface area (Å²) >= 11 is 0. The topological polar surface area (TPSA) is 49.9 Å². The number of hydrogen-bond acceptors (Lipinski definition) is 4. The summed E-state index contributed by atoms with van der Waals surface area (Å²) in [5.74, 6) is 0. The number of benzene rings is 1. The van der Waals surface area contributed by atoms with Crippen LogP contribution < -0.4 is 4.90 Å². The number of rotatable bonds is 3. The van der Waals surface area contributed by atoms with Crippen LogP contribution in [0.1, 0.15) is 18.4 Å². The molecule has 2 saturated heterocycles. The summed E-state index contributed by atoms with van der Waals surface area (Å²) in [6.45, 7) is 4.61. The highest BCUT2D eigenvalue weighted by molar-refractivity contribution is 7.89. The lowest BCUT2D eigenvalue weighted by Crippen LogP contribution is -2.32. The lowest BCUT2D eigenvalue weighted by molar-refractivity contribution is 0.157. The van der Waals surface area contributed by atoms with Crippen LogP contribution in [0.5, 0.6) is 0 Å². The van der Waals surface area contributed by atoms with E-state index in [9.17, 15) is 8.42 Å². The van der Waals surface area contributed by atoms with E-state index in [1.165, 1.54) is 0 Å². The molecule has 1 aromatic carbocycles. The molecule has 2 aliphatic heterocycles. The van der Waals surface area contributed by atoms with E-state index < -0.39 is 10.0 Å². The summed E-state index contributed by atoms with van der Waals surface area (Å²) in [7, 11) is 0.436. The van der Waals surface area contributed by atoms with E-state index in [0.717, 1.165) is 30.7 Å². The van der Waals surface area contributed by atoms with Crippen molar-refractivity contribution in [1.82, 2.24) is 4.31 Å². The predicted octanol–water partition coefficient (Wildman–Crippen LogP) is 1.86. The second kappa shape index (κ2) is 5.51. The van der Waals surface area contributed by atoms with Gasteiger partial charge in [-0.3, -0.25) is 0 Å². The molecule has 2 fully saturated rings. The van der Waals surface area contributed by atoms with Crippen molar-refractivity contribution < 1.29 is 13.2 Å². The largest absolute Gasteiger partial charge is 0.381 e. The van der Waals surface area contributed by atoms with Crippen LogP contribution in [-0.2, 0) is 14.8 Å². The van der Waals surface area contributed by atoms with Crippen LogP contribution in [-0.4, -0.2) is 53.1 Å². The second-order valence-electron chi connectivity index (χ2n) is 6.73. The molecule has 5 nitrogen and oxygen atoms in total. The highest BCUT2D eigenvalue weighted by atomic mass is 32.2. The third-order valence-corrected chi connectivity index (χ3v) is 6.73. The Balaban J connectivity index is 1.89. The molecule has 0 aliphatic carbocycles. The quantitative estimate of drug-likeness (QED) is 0.851. The first-order valence-corrected chi connectivity index (χ1v) is 9.14. The smallest absolute Gasteiger partial charge is 0.243 e. The van der Waals surface area contributed by atoms with E-state index in [4.69, 9.17) is 4.74 Å². The fraction of sp³-hybridized carbons (Fsp3) is 0.625. The number of sulfonamides is 1. The number of anilines is 1. The Morgan fingerprint density at radius 1 is 1.27 bits per heavy atom. The minimum absolute atomic E-state index is 0.0438. The van der Waals surface area contributed by atoms with Gasteiger partial charge < -0.3 is 9.64 Å². The maximum Gasteiger partial charge on any atom is 0.243 e. The van der Waals surface area contributed by atoms with Gasteiger partial charge in [0.15, 0.2) is 0 Å². The summed E-state index contributed by atoms with van der Waals surface area (Å²) in [5.41, 5.74) is 2.06. The van der Waals surface area contributed by atoms with Crippen molar-refractivity contribution in [3.63, 3.8) is 0 Å². The third-order valence-electron chi connectivity index (χ3n) is 4.89. The van der Waals surface area contributed by atoms with Crippen molar-refractivity contribution in [2.75, 3.05) is 45.3 Å². The maximum atomic E-state index is 12.9. The summed E-state index contributed by atoms with van der Waals surface area (Å²) < 4.78 is 33.0. The third kappa shape index (κ3) is 2.64. The van der Waals surface area contributed by atoms with Crippen molar-refractivity contribution in [3.05, 3.63) is 23.8 Å². The van der Waals surface area contributed by atoms with Crippen LogP contribution in [0, 0.1) is 12.3 Å². The Morgan fingerprint density at radius 3 is 2.68 bits per heavy atom. The van der Waals surface area contributed by atoms with Gasteiger partial charge in [0.05, 0.1) is 11.5 Å². The van der Waals surface area contributed by atoms with Gasteiger partial charge >= 0.3 is 0 Å². The first-order valence-electron chi connectivity index (χ1n) is 7.70. The summed E-state index contributed by atoms with van der Waals surface area (Å²) in [4.78, 5) is 2.34. The van der Waals surface area contributed by atoms with Crippen LogP contribution >= 0.6 is 0 Å². The average Bonchev–Trinajstić information content (AvgIpc) is 3.10. The zero-order valence-corrected chi connectivity index (χ0v) is 14.3. The lowest BCUT2D eigenvalue weighted by Gasteiger charge is -2.23. The molecule has 3 rings (SSSR count). The number of hydrogen-bond donors (Lipinski definition) is 0. The normalized spacial score (nSPS) is 26.0. The van der Waals surface area contributed by atoms with Gasteiger partial charge in [-0.2, -0.15) is 4.31 Å². The Hall–Kier alpha value is -1.11. The minimum Gasteiger partial charge on any atom is -0.381 e. The fourth-order valence-electron chi connectivity index (χ4n) is 3.45. The summed E-state index contributed by atoms with van der Waals surface area (Å²) in [6, 6.07) is 5.38. The number of ether oxygens (including phenoxy) is 1. The Morgan fingerprint density at radius 2 is 2.05 bits per heavy atom. The molecule has 1 spiro atoms. The highest BCUT2D eigenvalue weighted by Crippen LogP contribution is 2.40. The highest BCUT2D eigenvalue weighted by Gasteiger charge is 2.45. The molecule has 1 aromatic rings. The molecule has 0 N–H and O–H groups in total. The van der Waals surface area contributed by atoms with Crippen molar-refractivity contribution in [2.24, 2.45) is 5.41 Å². The van der Waals surface area contributed by atoms with E-state index in [-0.39, 0.29) is 5.41 Å². The van der Waals surface area contributed by atoms with E-state index >= 15 is 0 Å². The zero-order valence-electron chi connectivity index (χ0n) is 13.5. The molecule has 2 heterocycles. The van der Waals surface area contributed by atoms with Crippen molar-refractivity contribution in [1.29, 1.82) is 0 Å². The molecule has 122 valence electrons. The van der Waals surface area contributed by atoms with Gasteiger partial charge in [0.1, 0.15) is 0 Å². The van der Waals surface area contributed by atoms with Gasteiger partial charge in [0.25, 0.3) is 0 Å². The van der Waals surface area contributed by atoms with E-state index in [1.54, 1.807) is 16.4 Å². The second-order valence-corrected chi connectivity index (χ2v) is 8.67. The van der Waals surface area contributed by atoms with Crippen LogP contribution in [0.2, 0.25) is 0 Å². The van der Waals surface area contributed by atoms with Gasteiger partial charge in [0.2, 0.25) is 10.0 Å². The Kier molecular flexibility index (Phi) is 3.95. The Bertz CT molecular complexity index is 664. The summed E-state index contributed by atoms with van der Waals surface area (Å²) in [6.07, 6.45) is 1.87. The first kappa shape index (κ1) is 15.8.